The molecule has 0 amide bonds. The van der Waals surface area contributed by atoms with Gasteiger partial charge < -0.3 is 10.9 Å². The van der Waals surface area contributed by atoms with Crippen LogP contribution < -0.4 is 5.73 Å². The van der Waals surface area contributed by atoms with E-state index in [0.29, 0.717) is 5.39 Å². The van der Waals surface area contributed by atoms with Gasteiger partial charge in [0.2, 0.25) is 0 Å². The molecular formula is C11H10FN3O. The van der Waals surface area contributed by atoms with Gasteiger partial charge in [-0.2, -0.15) is 0 Å². The summed E-state index contributed by atoms with van der Waals surface area (Å²) in [5.41, 5.74) is 6.54. The van der Waals surface area contributed by atoms with Gasteiger partial charge in [0.15, 0.2) is 5.84 Å². The Kier molecular flexibility index (Phi) is 2.44. The Morgan fingerprint density at radius 1 is 1.44 bits per heavy atom. The van der Waals surface area contributed by atoms with E-state index in [1.54, 1.807) is 19.2 Å². The lowest BCUT2D eigenvalue weighted by Gasteiger charge is -2.06. The van der Waals surface area contributed by atoms with Gasteiger partial charge in [-0.1, -0.05) is 5.16 Å². The highest BCUT2D eigenvalue weighted by molar-refractivity contribution is 6.07. The zero-order chi connectivity index (χ0) is 11.7. The Morgan fingerprint density at radius 2 is 2.19 bits per heavy atom. The normalized spacial score (nSPS) is 12.0. The van der Waals surface area contributed by atoms with E-state index in [0.717, 1.165) is 10.9 Å². The van der Waals surface area contributed by atoms with Gasteiger partial charge in [-0.25, -0.2) is 4.39 Å². The number of rotatable bonds is 1. The number of aryl methyl sites for hydroxylation is 1. The Balaban J connectivity index is 2.87. The van der Waals surface area contributed by atoms with Crippen molar-refractivity contribution in [1.29, 1.82) is 0 Å². The molecule has 3 N–H and O–H groups in total. The van der Waals surface area contributed by atoms with Crippen LogP contribution in [0.3, 0.4) is 0 Å². The zero-order valence-electron chi connectivity index (χ0n) is 8.61. The molecule has 2 rings (SSSR count). The molecule has 1 aromatic heterocycles. The van der Waals surface area contributed by atoms with Crippen molar-refractivity contribution in [2.75, 3.05) is 0 Å². The second-order valence-electron chi connectivity index (χ2n) is 3.46. The molecule has 0 radical (unpaired) electrons. The van der Waals surface area contributed by atoms with E-state index in [1.165, 1.54) is 12.1 Å². The van der Waals surface area contributed by atoms with Crippen molar-refractivity contribution >= 4 is 16.6 Å². The lowest BCUT2D eigenvalue weighted by molar-refractivity contribution is 0.318. The number of hydrogen-bond donors (Lipinski definition) is 2. The molecule has 1 heterocycles. The maximum atomic E-state index is 13.3. The van der Waals surface area contributed by atoms with Crippen LogP contribution in [-0.2, 0) is 0 Å². The number of pyridine rings is 1. The number of aromatic nitrogens is 1. The first-order valence-electron chi connectivity index (χ1n) is 4.66. The van der Waals surface area contributed by atoms with E-state index in [-0.39, 0.29) is 17.3 Å². The summed E-state index contributed by atoms with van der Waals surface area (Å²) in [6.07, 6.45) is 1.54. The van der Waals surface area contributed by atoms with Crippen LogP contribution in [0.4, 0.5) is 4.39 Å². The summed E-state index contributed by atoms with van der Waals surface area (Å²) in [6, 6.07) is 4.51. The van der Waals surface area contributed by atoms with Crippen molar-refractivity contribution in [3.8, 4) is 0 Å². The van der Waals surface area contributed by atoms with Crippen molar-refractivity contribution in [3.63, 3.8) is 0 Å². The van der Waals surface area contributed by atoms with Gasteiger partial charge >= 0.3 is 0 Å². The van der Waals surface area contributed by atoms with Gasteiger partial charge in [0, 0.05) is 11.6 Å². The van der Waals surface area contributed by atoms with Crippen molar-refractivity contribution in [1.82, 2.24) is 4.98 Å². The molecule has 0 unspecified atom stereocenters. The summed E-state index contributed by atoms with van der Waals surface area (Å²) < 4.78 is 13.3. The van der Waals surface area contributed by atoms with Gasteiger partial charge in [-0.15, -0.1) is 0 Å². The SMILES string of the molecule is Cc1cc(F)cc2c(C(N)=NO)nccc12. The average Bonchev–Trinajstić information content (AvgIpc) is 2.27. The van der Waals surface area contributed by atoms with Crippen LogP contribution in [0.2, 0.25) is 0 Å². The molecule has 0 saturated carbocycles. The minimum Gasteiger partial charge on any atom is -0.409 e. The molecule has 5 heteroatoms. The van der Waals surface area contributed by atoms with E-state index in [1.807, 2.05) is 0 Å². The van der Waals surface area contributed by atoms with Gasteiger partial charge in [0.05, 0.1) is 0 Å². The molecule has 0 aliphatic carbocycles. The predicted molar refractivity (Wildman–Crippen MR) is 58.9 cm³/mol. The van der Waals surface area contributed by atoms with Gasteiger partial charge in [-0.05, 0) is 36.1 Å². The van der Waals surface area contributed by atoms with E-state index in [2.05, 4.69) is 10.1 Å². The highest BCUT2D eigenvalue weighted by atomic mass is 19.1. The van der Waals surface area contributed by atoms with Crippen molar-refractivity contribution in [3.05, 3.63) is 41.5 Å². The Hall–Kier alpha value is -2.17. The largest absolute Gasteiger partial charge is 0.409 e. The van der Waals surface area contributed by atoms with Gasteiger partial charge in [-0.3, -0.25) is 4.98 Å². The maximum absolute atomic E-state index is 13.3. The number of halogens is 1. The second kappa shape index (κ2) is 3.77. The number of nitrogens with zero attached hydrogens (tertiary/aromatic N) is 2. The Morgan fingerprint density at radius 3 is 2.88 bits per heavy atom. The lowest BCUT2D eigenvalue weighted by Crippen LogP contribution is -2.15. The topological polar surface area (TPSA) is 71.5 Å². The first-order valence-corrected chi connectivity index (χ1v) is 4.66. The lowest BCUT2D eigenvalue weighted by atomic mass is 10.0. The third-order valence-electron chi connectivity index (χ3n) is 2.40. The fraction of sp³-hybridized carbons (Fsp3) is 0.0909. The van der Waals surface area contributed by atoms with Crippen LogP contribution in [0, 0.1) is 12.7 Å². The predicted octanol–water partition coefficient (Wildman–Crippen LogP) is 1.78. The molecule has 0 fully saturated rings. The van der Waals surface area contributed by atoms with Crippen molar-refractivity contribution < 1.29 is 9.60 Å². The number of benzene rings is 1. The summed E-state index contributed by atoms with van der Waals surface area (Å²) in [5.74, 6) is -0.499. The van der Waals surface area contributed by atoms with Crippen LogP contribution in [0.5, 0.6) is 0 Å². The molecular weight excluding hydrogens is 209 g/mol. The standard InChI is InChI=1S/C11H10FN3O/c1-6-4-7(12)5-9-8(6)2-3-14-10(9)11(13)15-16/h2-5,16H,1H3,(H2,13,15). The second-order valence-corrected chi connectivity index (χ2v) is 3.46. The van der Waals surface area contributed by atoms with Crippen molar-refractivity contribution in [2.24, 2.45) is 10.9 Å². The fourth-order valence-corrected chi connectivity index (χ4v) is 1.68. The van der Waals surface area contributed by atoms with Crippen molar-refractivity contribution in [2.45, 2.75) is 6.92 Å². The first kappa shape index (κ1) is 10.4. The summed E-state index contributed by atoms with van der Waals surface area (Å²) in [6.45, 7) is 1.79. The van der Waals surface area contributed by atoms with Crippen LogP contribution in [-0.4, -0.2) is 16.0 Å². The third kappa shape index (κ3) is 1.56. The molecule has 16 heavy (non-hydrogen) atoms. The molecule has 0 atom stereocenters. The third-order valence-corrected chi connectivity index (χ3v) is 2.40. The number of amidine groups is 1. The van der Waals surface area contributed by atoms with E-state index in [9.17, 15) is 4.39 Å². The highest BCUT2D eigenvalue weighted by Crippen LogP contribution is 2.21. The molecule has 0 bridgehead atoms. The quantitative estimate of drug-likeness (QED) is 0.332. The van der Waals surface area contributed by atoms with Crippen LogP contribution in [0.1, 0.15) is 11.3 Å². The zero-order valence-corrected chi connectivity index (χ0v) is 8.61. The smallest absolute Gasteiger partial charge is 0.189 e. The van der Waals surface area contributed by atoms with E-state index >= 15 is 0 Å². The summed E-state index contributed by atoms with van der Waals surface area (Å²) in [5, 5.41) is 12.9. The summed E-state index contributed by atoms with van der Waals surface area (Å²) in [7, 11) is 0. The van der Waals surface area contributed by atoms with E-state index < -0.39 is 0 Å². The minimum absolute atomic E-state index is 0.129. The maximum Gasteiger partial charge on any atom is 0.189 e. The molecule has 1 aromatic carbocycles. The summed E-state index contributed by atoms with van der Waals surface area (Å²) >= 11 is 0. The number of hydrogen-bond acceptors (Lipinski definition) is 3. The highest BCUT2D eigenvalue weighted by Gasteiger charge is 2.09. The van der Waals surface area contributed by atoms with Crippen LogP contribution in [0.25, 0.3) is 10.8 Å². The van der Waals surface area contributed by atoms with Gasteiger partial charge in [0.1, 0.15) is 11.5 Å². The fourth-order valence-electron chi connectivity index (χ4n) is 1.68. The molecule has 4 nitrogen and oxygen atoms in total. The summed E-state index contributed by atoms with van der Waals surface area (Å²) in [4.78, 5) is 3.98. The first-order chi connectivity index (χ1) is 7.63. The average molecular weight is 219 g/mol. The van der Waals surface area contributed by atoms with Crippen LogP contribution in [0.15, 0.2) is 29.6 Å². The monoisotopic (exact) mass is 219 g/mol. The Bertz CT molecular complexity index is 581. The Labute approximate surface area is 91.2 Å². The molecule has 0 spiro atoms. The number of fused-ring (bicyclic) bond motifs is 1. The van der Waals surface area contributed by atoms with E-state index in [4.69, 9.17) is 10.9 Å². The molecule has 0 aliphatic rings. The molecule has 0 aliphatic heterocycles. The minimum atomic E-state index is -0.370. The molecule has 0 saturated heterocycles. The van der Waals surface area contributed by atoms with Crippen LogP contribution >= 0.6 is 0 Å². The number of oxime groups is 1. The molecule has 2 aromatic rings. The molecule has 82 valence electrons. The number of nitrogens with two attached hydrogens (primary N) is 1. The van der Waals surface area contributed by atoms with Gasteiger partial charge in [0.25, 0.3) is 0 Å².